The minimum atomic E-state index is -1.80. The number of aliphatic hydroxyl groups excluding tert-OH is 2. The summed E-state index contributed by atoms with van der Waals surface area (Å²) in [5.41, 5.74) is 6.92. The monoisotopic (exact) mass is 493 g/mol. The minimum absolute atomic E-state index is 0.0593. The molecule has 190 valence electrons. The maximum Gasteiger partial charge on any atom is 0.326 e. The molecule has 0 radical (unpaired) electrons. The van der Waals surface area contributed by atoms with E-state index in [1.165, 1.54) is 0 Å². The number of carbonyl (C=O) groups is 5. The number of aliphatic carboxylic acids is 2. The number of carboxylic acids is 2. The van der Waals surface area contributed by atoms with Crippen LogP contribution in [-0.2, 0) is 30.4 Å². The molecule has 35 heavy (non-hydrogen) atoms. The van der Waals surface area contributed by atoms with Gasteiger partial charge in [0.15, 0.2) is 0 Å². The molecule has 0 spiro atoms. The van der Waals surface area contributed by atoms with E-state index in [-0.39, 0.29) is 6.42 Å². The van der Waals surface area contributed by atoms with Crippen LogP contribution in [0.15, 0.2) is 30.5 Å². The molecule has 2 rings (SSSR count). The first kappa shape index (κ1) is 27.2. The molecule has 4 unspecified atom stereocenters. The third-order valence-corrected chi connectivity index (χ3v) is 5.07. The normalized spacial score (nSPS) is 14.4. The van der Waals surface area contributed by atoms with Crippen molar-refractivity contribution in [3.05, 3.63) is 36.0 Å². The number of hydrogen-bond donors (Lipinski definition) is 9. The molecular weight excluding hydrogens is 466 g/mol. The number of aliphatic hydroxyl groups is 2. The Morgan fingerprint density at radius 2 is 1.46 bits per heavy atom. The van der Waals surface area contributed by atoms with Gasteiger partial charge in [0.1, 0.15) is 24.2 Å². The number of carbonyl (C=O) groups excluding carboxylic acids is 3. The number of carboxylic acid groups (broad SMARTS) is 2. The number of para-hydroxylation sites is 1. The van der Waals surface area contributed by atoms with Gasteiger partial charge in [0.25, 0.3) is 0 Å². The Morgan fingerprint density at radius 1 is 0.857 bits per heavy atom. The zero-order valence-electron chi connectivity index (χ0n) is 18.4. The zero-order chi connectivity index (χ0) is 26.1. The number of aromatic amines is 1. The summed E-state index contributed by atoms with van der Waals surface area (Å²) in [7, 11) is 0. The van der Waals surface area contributed by atoms with Crippen LogP contribution in [0, 0.1) is 0 Å². The van der Waals surface area contributed by atoms with Gasteiger partial charge in [0, 0.05) is 23.5 Å². The molecule has 3 amide bonds. The Balaban J connectivity index is 2.21. The number of nitrogens with one attached hydrogen (secondary N) is 4. The third kappa shape index (κ3) is 7.49. The fourth-order valence-electron chi connectivity index (χ4n) is 3.20. The molecule has 0 saturated heterocycles. The zero-order valence-corrected chi connectivity index (χ0v) is 18.4. The largest absolute Gasteiger partial charge is 0.481 e. The lowest BCUT2D eigenvalue weighted by Crippen LogP contribution is -2.59. The van der Waals surface area contributed by atoms with Crippen molar-refractivity contribution >= 4 is 40.6 Å². The van der Waals surface area contributed by atoms with E-state index in [1.54, 1.807) is 30.5 Å². The van der Waals surface area contributed by atoms with Gasteiger partial charge in [-0.05, 0) is 11.6 Å². The van der Waals surface area contributed by atoms with Crippen molar-refractivity contribution < 1.29 is 44.4 Å². The average molecular weight is 493 g/mol. The molecule has 1 aromatic heterocycles. The van der Waals surface area contributed by atoms with Crippen molar-refractivity contribution in [2.45, 2.75) is 37.0 Å². The van der Waals surface area contributed by atoms with Gasteiger partial charge in [-0.25, -0.2) is 4.79 Å². The lowest BCUT2D eigenvalue weighted by atomic mass is 10.0. The Hall–Kier alpha value is -4.01. The maximum atomic E-state index is 13.0. The lowest BCUT2D eigenvalue weighted by molar-refractivity contribution is -0.147. The predicted molar refractivity (Wildman–Crippen MR) is 120 cm³/mol. The van der Waals surface area contributed by atoms with Crippen LogP contribution in [0.2, 0.25) is 0 Å². The number of hydrogen-bond acceptors (Lipinski definition) is 8. The molecule has 10 N–H and O–H groups in total. The topological polar surface area (TPSA) is 244 Å². The number of aromatic nitrogens is 1. The van der Waals surface area contributed by atoms with Gasteiger partial charge in [-0.1, -0.05) is 18.2 Å². The van der Waals surface area contributed by atoms with E-state index in [9.17, 15) is 29.1 Å². The van der Waals surface area contributed by atoms with Gasteiger partial charge in [0.05, 0.1) is 19.6 Å². The van der Waals surface area contributed by atoms with Crippen LogP contribution in [0.25, 0.3) is 10.9 Å². The van der Waals surface area contributed by atoms with Crippen LogP contribution in [-0.4, -0.2) is 92.5 Å². The third-order valence-electron chi connectivity index (χ3n) is 5.07. The Morgan fingerprint density at radius 3 is 2.06 bits per heavy atom. The first-order valence-electron chi connectivity index (χ1n) is 10.4. The molecule has 1 aromatic carbocycles. The first-order valence-corrected chi connectivity index (χ1v) is 10.4. The molecule has 0 saturated carbocycles. The van der Waals surface area contributed by atoms with Gasteiger partial charge in [0.2, 0.25) is 17.7 Å². The van der Waals surface area contributed by atoms with Crippen LogP contribution >= 0.6 is 0 Å². The second-order valence-electron chi connectivity index (χ2n) is 7.65. The van der Waals surface area contributed by atoms with Crippen LogP contribution in [0.3, 0.4) is 0 Å². The van der Waals surface area contributed by atoms with Gasteiger partial charge in [-0.15, -0.1) is 0 Å². The van der Waals surface area contributed by atoms with Crippen LogP contribution in [0.4, 0.5) is 0 Å². The highest BCUT2D eigenvalue weighted by Crippen LogP contribution is 2.19. The smallest absolute Gasteiger partial charge is 0.326 e. The maximum absolute atomic E-state index is 13.0. The van der Waals surface area contributed by atoms with E-state index >= 15 is 0 Å². The Kier molecular flexibility index (Phi) is 9.69. The summed E-state index contributed by atoms with van der Waals surface area (Å²) in [5.74, 6) is -5.99. The number of amides is 3. The van der Waals surface area contributed by atoms with E-state index < -0.39 is 73.5 Å². The SMILES string of the molecule is NC(CO)C(=O)NC(Cc1c[nH]c2ccccc12)C(=O)NC(CO)C(=O)NC(CC(=O)O)C(=O)O. The van der Waals surface area contributed by atoms with Gasteiger partial charge < -0.3 is 47.1 Å². The molecule has 14 heteroatoms. The summed E-state index contributed by atoms with van der Waals surface area (Å²) < 4.78 is 0. The van der Waals surface area contributed by atoms with Crippen molar-refractivity contribution in [2.24, 2.45) is 5.73 Å². The van der Waals surface area contributed by atoms with E-state index in [0.717, 1.165) is 10.9 Å². The fraction of sp³-hybridized carbons (Fsp3) is 0.381. The first-order chi connectivity index (χ1) is 16.6. The summed E-state index contributed by atoms with van der Waals surface area (Å²) >= 11 is 0. The van der Waals surface area contributed by atoms with Crippen LogP contribution in [0.5, 0.6) is 0 Å². The number of fused-ring (bicyclic) bond motifs is 1. The Bertz CT molecular complexity index is 1090. The molecule has 1 heterocycles. The van der Waals surface area contributed by atoms with E-state index in [4.69, 9.17) is 21.1 Å². The minimum Gasteiger partial charge on any atom is -0.481 e. The highest BCUT2D eigenvalue weighted by atomic mass is 16.4. The molecule has 0 aliphatic heterocycles. The average Bonchev–Trinajstić information content (AvgIpc) is 3.23. The number of nitrogens with two attached hydrogens (primary N) is 1. The standard InChI is InChI=1S/C21H27N5O9/c22-12(8-27)18(31)24-14(5-10-7-23-13-4-2-1-3-11(10)13)19(32)26-16(9-28)20(33)25-15(21(34)35)6-17(29)30/h1-4,7,12,14-16,23,27-28H,5-6,8-9,22H2,(H,24,31)(H,25,33)(H,26,32)(H,29,30)(H,34,35). The summed E-state index contributed by atoms with van der Waals surface area (Å²) in [5, 5.41) is 43.9. The van der Waals surface area contributed by atoms with E-state index in [2.05, 4.69) is 15.6 Å². The Labute approximate surface area is 198 Å². The molecule has 0 fully saturated rings. The lowest BCUT2D eigenvalue weighted by Gasteiger charge is -2.24. The number of rotatable bonds is 13. The molecule has 0 aliphatic carbocycles. The second kappa shape index (κ2) is 12.5. The van der Waals surface area contributed by atoms with Crippen molar-refractivity contribution in [3.63, 3.8) is 0 Å². The highest BCUT2D eigenvalue weighted by Gasteiger charge is 2.31. The van der Waals surface area contributed by atoms with Crippen molar-refractivity contribution in [3.8, 4) is 0 Å². The summed E-state index contributed by atoms with van der Waals surface area (Å²) in [6.45, 7) is -1.63. The van der Waals surface area contributed by atoms with Crippen LogP contribution < -0.4 is 21.7 Å². The molecule has 0 aliphatic rings. The quantitative estimate of drug-likeness (QED) is 0.137. The molecular formula is C21H27N5O9. The number of benzene rings is 1. The summed E-state index contributed by atoms with van der Waals surface area (Å²) in [4.78, 5) is 62.7. The van der Waals surface area contributed by atoms with Gasteiger partial charge >= 0.3 is 11.9 Å². The molecule has 0 bridgehead atoms. The molecule has 2 aromatic rings. The van der Waals surface area contributed by atoms with E-state index in [1.807, 2.05) is 5.32 Å². The van der Waals surface area contributed by atoms with Gasteiger partial charge in [-0.2, -0.15) is 0 Å². The summed E-state index contributed by atoms with van der Waals surface area (Å²) in [6, 6.07) is 1.10. The van der Waals surface area contributed by atoms with Crippen molar-refractivity contribution in [1.29, 1.82) is 0 Å². The van der Waals surface area contributed by atoms with Crippen LogP contribution in [0.1, 0.15) is 12.0 Å². The molecule has 4 atom stereocenters. The van der Waals surface area contributed by atoms with Crippen molar-refractivity contribution in [2.75, 3.05) is 13.2 Å². The van der Waals surface area contributed by atoms with Gasteiger partial charge in [-0.3, -0.25) is 19.2 Å². The predicted octanol–water partition coefficient (Wildman–Crippen LogP) is -2.96. The van der Waals surface area contributed by atoms with E-state index in [0.29, 0.717) is 5.56 Å². The highest BCUT2D eigenvalue weighted by molar-refractivity contribution is 5.95. The fourth-order valence-corrected chi connectivity index (χ4v) is 3.20. The number of H-pyrrole nitrogens is 1. The van der Waals surface area contributed by atoms with Crippen molar-refractivity contribution in [1.82, 2.24) is 20.9 Å². The second-order valence-corrected chi connectivity index (χ2v) is 7.65. The molecule has 14 nitrogen and oxygen atoms in total. The summed E-state index contributed by atoms with van der Waals surface area (Å²) in [6.07, 6.45) is 0.643.